The van der Waals surface area contributed by atoms with Crippen molar-refractivity contribution >= 4 is 0 Å². The minimum atomic E-state index is 0.568. The highest BCUT2D eigenvalue weighted by Crippen LogP contribution is 2.48. The minimum Gasteiger partial charge on any atom is -0.378 e. The zero-order valence-electron chi connectivity index (χ0n) is 11.2. The van der Waals surface area contributed by atoms with Crippen molar-refractivity contribution in [2.24, 2.45) is 17.8 Å². The van der Waals surface area contributed by atoms with Crippen LogP contribution in [0.1, 0.15) is 51.4 Å². The Morgan fingerprint density at radius 3 is 2.41 bits per heavy atom. The first-order valence-corrected chi connectivity index (χ1v) is 7.64. The summed E-state index contributed by atoms with van der Waals surface area (Å²) in [5.74, 6) is 3.00. The molecule has 2 nitrogen and oxygen atoms in total. The average Bonchev–Trinajstić information content (AvgIpc) is 2.99. The minimum absolute atomic E-state index is 0.568. The predicted octanol–water partition coefficient (Wildman–Crippen LogP) is 2.97. The lowest BCUT2D eigenvalue weighted by Gasteiger charge is -2.30. The van der Waals surface area contributed by atoms with E-state index >= 15 is 0 Å². The molecule has 0 aromatic carbocycles. The maximum atomic E-state index is 6.18. The van der Waals surface area contributed by atoms with Crippen LogP contribution in [0, 0.1) is 17.8 Å². The molecule has 3 unspecified atom stereocenters. The third kappa shape index (κ3) is 2.68. The van der Waals surface area contributed by atoms with Gasteiger partial charge in [0.2, 0.25) is 0 Å². The summed E-state index contributed by atoms with van der Waals surface area (Å²) in [6.07, 6.45) is 11.7. The van der Waals surface area contributed by atoms with Gasteiger partial charge in [0.05, 0.1) is 12.7 Å². The first kappa shape index (κ1) is 12.0. The number of ether oxygens (including phenoxy) is 1. The van der Waals surface area contributed by atoms with Crippen molar-refractivity contribution < 1.29 is 4.74 Å². The average molecular weight is 237 g/mol. The van der Waals surface area contributed by atoms with Crippen LogP contribution >= 0.6 is 0 Å². The van der Waals surface area contributed by atoms with E-state index in [-0.39, 0.29) is 0 Å². The second-order valence-corrected chi connectivity index (χ2v) is 6.53. The molecule has 3 aliphatic rings. The molecular formula is C15H27NO. The van der Waals surface area contributed by atoms with Gasteiger partial charge in [0.25, 0.3) is 0 Å². The largest absolute Gasteiger partial charge is 0.378 e. The zero-order chi connectivity index (χ0) is 11.7. The number of hydrogen-bond donors (Lipinski definition) is 1. The van der Waals surface area contributed by atoms with Gasteiger partial charge >= 0.3 is 0 Å². The van der Waals surface area contributed by atoms with E-state index in [1.165, 1.54) is 51.4 Å². The van der Waals surface area contributed by atoms with Crippen molar-refractivity contribution in [1.82, 2.24) is 5.32 Å². The van der Waals surface area contributed by atoms with E-state index in [0.29, 0.717) is 6.10 Å². The summed E-state index contributed by atoms with van der Waals surface area (Å²) >= 11 is 0. The van der Waals surface area contributed by atoms with Crippen LogP contribution in [0.25, 0.3) is 0 Å². The molecule has 0 radical (unpaired) electrons. The Labute approximate surface area is 105 Å². The van der Waals surface area contributed by atoms with Gasteiger partial charge in [0.15, 0.2) is 0 Å². The summed E-state index contributed by atoms with van der Waals surface area (Å²) in [5, 5.41) is 3.39. The summed E-state index contributed by atoms with van der Waals surface area (Å²) in [7, 11) is 2.08. The standard InChI is InChI=1S/C15H27NO/c1-16-14-4-6-15(7-5-14)17-10-13-9-11-2-3-12(13)8-11/h11-16H,2-10H2,1H3. The van der Waals surface area contributed by atoms with Crippen molar-refractivity contribution in [1.29, 1.82) is 0 Å². The van der Waals surface area contributed by atoms with Crippen LogP contribution in [0.15, 0.2) is 0 Å². The van der Waals surface area contributed by atoms with Crippen LogP contribution in [0.3, 0.4) is 0 Å². The number of rotatable bonds is 4. The van der Waals surface area contributed by atoms with Crippen LogP contribution in [-0.4, -0.2) is 25.8 Å². The van der Waals surface area contributed by atoms with Crippen molar-refractivity contribution in [2.45, 2.75) is 63.5 Å². The second kappa shape index (κ2) is 5.27. The second-order valence-electron chi connectivity index (χ2n) is 6.53. The van der Waals surface area contributed by atoms with E-state index in [9.17, 15) is 0 Å². The van der Waals surface area contributed by atoms with Crippen molar-refractivity contribution in [2.75, 3.05) is 13.7 Å². The van der Waals surface area contributed by atoms with Crippen LogP contribution in [-0.2, 0) is 4.74 Å². The SMILES string of the molecule is CNC1CCC(OCC2CC3CCC2C3)CC1. The molecule has 0 amide bonds. The molecule has 0 aromatic heterocycles. The van der Waals surface area contributed by atoms with E-state index < -0.39 is 0 Å². The van der Waals surface area contributed by atoms with Gasteiger partial charge in [-0.2, -0.15) is 0 Å². The van der Waals surface area contributed by atoms with Gasteiger partial charge in [0.1, 0.15) is 0 Å². The van der Waals surface area contributed by atoms with E-state index in [1.807, 2.05) is 0 Å². The molecule has 2 heteroatoms. The van der Waals surface area contributed by atoms with Gasteiger partial charge in [-0.3, -0.25) is 0 Å². The summed E-state index contributed by atoms with van der Waals surface area (Å²) in [4.78, 5) is 0. The van der Waals surface area contributed by atoms with Gasteiger partial charge in [0, 0.05) is 6.04 Å². The Kier molecular flexibility index (Phi) is 3.72. The molecule has 3 atom stereocenters. The predicted molar refractivity (Wildman–Crippen MR) is 70.0 cm³/mol. The first-order valence-electron chi connectivity index (χ1n) is 7.64. The van der Waals surface area contributed by atoms with Crippen LogP contribution < -0.4 is 5.32 Å². The molecule has 0 aliphatic heterocycles. The Balaban J connectivity index is 1.38. The lowest BCUT2D eigenvalue weighted by Crippen LogP contribution is -2.33. The van der Waals surface area contributed by atoms with Gasteiger partial charge in [-0.1, -0.05) is 6.42 Å². The Morgan fingerprint density at radius 2 is 1.82 bits per heavy atom. The normalized spacial score (nSPS) is 45.4. The van der Waals surface area contributed by atoms with Crippen LogP contribution in [0.4, 0.5) is 0 Å². The summed E-state index contributed by atoms with van der Waals surface area (Å²) in [6, 6.07) is 0.748. The molecule has 3 fully saturated rings. The fraction of sp³-hybridized carbons (Fsp3) is 1.00. The molecule has 3 rings (SSSR count). The van der Waals surface area contributed by atoms with Gasteiger partial charge < -0.3 is 10.1 Å². The number of nitrogens with one attached hydrogen (secondary N) is 1. The van der Waals surface area contributed by atoms with E-state index in [2.05, 4.69) is 12.4 Å². The molecule has 0 heterocycles. The fourth-order valence-corrected chi connectivity index (χ4v) is 4.36. The Hall–Kier alpha value is -0.0800. The van der Waals surface area contributed by atoms with E-state index in [1.54, 1.807) is 0 Å². The summed E-state index contributed by atoms with van der Waals surface area (Å²) in [5.41, 5.74) is 0. The summed E-state index contributed by atoms with van der Waals surface area (Å²) < 4.78 is 6.18. The molecular weight excluding hydrogens is 210 g/mol. The molecule has 2 bridgehead atoms. The quantitative estimate of drug-likeness (QED) is 0.811. The molecule has 3 saturated carbocycles. The number of fused-ring (bicyclic) bond motifs is 2. The van der Waals surface area contributed by atoms with Gasteiger partial charge in [-0.25, -0.2) is 0 Å². The first-order chi connectivity index (χ1) is 8.35. The third-order valence-electron chi connectivity index (χ3n) is 5.51. The molecule has 0 spiro atoms. The monoisotopic (exact) mass is 237 g/mol. The van der Waals surface area contributed by atoms with Gasteiger partial charge in [-0.15, -0.1) is 0 Å². The molecule has 17 heavy (non-hydrogen) atoms. The Bertz CT molecular complexity index is 247. The lowest BCUT2D eigenvalue weighted by atomic mass is 9.89. The maximum absolute atomic E-state index is 6.18. The number of hydrogen-bond acceptors (Lipinski definition) is 2. The smallest absolute Gasteiger partial charge is 0.0576 e. The highest BCUT2D eigenvalue weighted by Gasteiger charge is 2.39. The Morgan fingerprint density at radius 1 is 1.00 bits per heavy atom. The third-order valence-corrected chi connectivity index (χ3v) is 5.51. The molecule has 0 aromatic rings. The zero-order valence-corrected chi connectivity index (χ0v) is 11.2. The molecule has 3 aliphatic carbocycles. The fourth-order valence-electron chi connectivity index (χ4n) is 4.36. The highest BCUT2D eigenvalue weighted by molar-refractivity contribution is 4.90. The van der Waals surface area contributed by atoms with Crippen LogP contribution in [0.2, 0.25) is 0 Å². The molecule has 0 saturated heterocycles. The van der Waals surface area contributed by atoms with Crippen molar-refractivity contribution in [3.8, 4) is 0 Å². The maximum Gasteiger partial charge on any atom is 0.0576 e. The van der Waals surface area contributed by atoms with E-state index in [0.717, 1.165) is 30.4 Å². The summed E-state index contributed by atoms with van der Waals surface area (Å²) in [6.45, 7) is 1.07. The van der Waals surface area contributed by atoms with Crippen molar-refractivity contribution in [3.63, 3.8) is 0 Å². The van der Waals surface area contributed by atoms with Crippen LogP contribution in [0.5, 0.6) is 0 Å². The topological polar surface area (TPSA) is 21.3 Å². The molecule has 98 valence electrons. The molecule has 1 N–H and O–H groups in total. The van der Waals surface area contributed by atoms with Crippen molar-refractivity contribution in [3.05, 3.63) is 0 Å². The van der Waals surface area contributed by atoms with E-state index in [4.69, 9.17) is 4.74 Å². The van der Waals surface area contributed by atoms with Gasteiger partial charge in [-0.05, 0) is 69.7 Å². The highest BCUT2D eigenvalue weighted by atomic mass is 16.5. The lowest BCUT2D eigenvalue weighted by molar-refractivity contribution is -0.00641.